The number of rotatable bonds is 7. The van der Waals surface area contributed by atoms with Gasteiger partial charge in [0.05, 0.1) is 0 Å². The van der Waals surface area contributed by atoms with Crippen molar-refractivity contribution < 1.29 is 4.79 Å². The molecule has 124 valence electrons. The number of carbonyl (C=O) groups is 1. The zero-order valence-corrected chi connectivity index (χ0v) is 13.9. The van der Waals surface area contributed by atoms with Crippen molar-refractivity contribution in [1.29, 1.82) is 0 Å². The molecule has 0 radical (unpaired) electrons. The number of hydrogen-bond acceptors (Lipinski definition) is 3. The van der Waals surface area contributed by atoms with Gasteiger partial charge in [0.2, 0.25) is 5.91 Å². The Morgan fingerprint density at radius 2 is 2.04 bits per heavy atom. The highest BCUT2D eigenvalue weighted by Gasteiger charge is 2.56. The van der Waals surface area contributed by atoms with Crippen molar-refractivity contribution >= 4 is 5.91 Å². The van der Waals surface area contributed by atoms with Gasteiger partial charge in [0.15, 0.2) is 5.66 Å². The van der Waals surface area contributed by atoms with Crippen LogP contribution in [0, 0.1) is 35.5 Å². The summed E-state index contributed by atoms with van der Waals surface area (Å²) in [6.45, 7) is 0.865. The summed E-state index contributed by atoms with van der Waals surface area (Å²) in [6.07, 6.45) is 16.6. The third-order valence-electron chi connectivity index (χ3n) is 6.89. The molecule has 1 N–H and O–H groups in total. The largest absolute Gasteiger partial charge is 0.356 e. The lowest BCUT2D eigenvalue weighted by Crippen LogP contribution is -2.46. The fraction of sp³-hybridized carbons (Fsp3) is 0.842. The van der Waals surface area contributed by atoms with Crippen LogP contribution in [-0.2, 0) is 4.79 Å². The van der Waals surface area contributed by atoms with E-state index in [4.69, 9.17) is 6.42 Å². The molecule has 2 atom stereocenters. The molecular weight excluding hydrogens is 286 g/mol. The number of nitrogens with zero attached hydrogens (tertiary/aromatic N) is 2. The van der Waals surface area contributed by atoms with Gasteiger partial charge in [-0.25, -0.2) is 0 Å². The van der Waals surface area contributed by atoms with Crippen molar-refractivity contribution in [1.82, 2.24) is 5.32 Å². The van der Waals surface area contributed by atoms with Gasteiger partial charge in [-0.05, 0) is 55.3 Å². The van der Waals surface area contributed by atoms with Gasteiger partial charge in [-0.2, -0.15) is 10.2 Å². The van der Waals surface area contributed by atoms with Crippen molar-refractivity contribution in [2.75, 3.05) is 6.54 Å². The molecule has 1 aliphatic heterocycles. The van der Waals surface area contributed by atoms with Crippen LogP contribution in [0.15, 0.2) is 10.2 Å². The van der Waals surface area contributed by atoms with Crippen LogP contribution in [0.25, 0.3) is 0 Å². The maximum atomic E-state index is 12.0. The van der Waals surface area contributed by atoms with E-state index in [2.05, 4.69) is 21.5 Å². The zero-order chi connectivity index (χ0) is 15.9. The molecule has 3 aliphatic carbocycles. The smallest absolute Gasteiger partial charge is 0.220 e. The minimum Gasteiger partial charge on any atom is -0.356 e. The summed E-state index contributed by atoms with van der Waals surface area (Å²) < 4.78 is 0. The standard InChI is InChI=1S/C19H27N3O/c1-2-3-7-19(21-22-19)8-6-17(23)20-13-15-11-18(12-15)10-14-4-5-16(18)9-14/h1,14-16H,3-13H2,(H,20,23). The summed E-state index contributed by atoms with van der Waals surface area (Å²) in [5.41, 5.74) is 0.358. The molecule has 3 saturated carbocycles. The monoisotopic (exact) mass is 313 g/mol. The van der Waals surface area contributed by atoms with E-state index in [0.717, 1.165) is 24.8 Å². The Balaban J connectivity index is 1.13. The van der Waals surface area contributed by atoms with E-state index in [0.29, 0.717) is 30.6 Å². The molecule has 4 nitrogen and oxygen atoms in total. The van der Waals surface area contributed by atoms with Crippen molar-refractivity contribution in [3.63, 3.8) is 0 Å². The Labute approximate surface area is 138 Å². The molecule has 0 saturated heterocycles. The van der Waals surface area contributed by atoms with Gasteiger partial charge in [0, 0.05) is 32.2 Å². The van der Waals surface area contributed by atoms with Crippen molar-refractivity contribution in [3.8, 4) is 12.3 Å². The minimum absolute atomic E-state index is 0.149. The zero-order valence-electron chi connectivity index (χ0n) is 13.9. The summed E-state index contributed by atoms with van der Waals surface area (Å²) in [5.74, 6) is 5.52. The second-order valence-electron chi connectivity index (χ2n) is 8.41. The topological polar surface area (TPSA) is 53.8 Å². The van der Waals surface area contributed by atoms with Crippen LogP contribution in [0.5, 0.6) is 0 Å². The molecule has 1 heterocycles. The Morgan fingerprint density at radius 1 is 1.22 bits per heavy atom. The Morgan fingerprint density at radius 3 is 2.65 bits per heavy atom. The highest BCUT2D eigenvalue weighted by atomic mass is 16.1. The van der Waals surface area contributed by atoms with E-state index in [1.807, 2.05) is 0 Å². The molecule has 4 rings (SSSR count). The molecule has 0 aromatic rings. The number of hydrogen-bond donors (Lipinski definition) is 1. The Kier molecular flexibility index (Phi) is 3.70. The fourth-order valence-corrected chi connectivity index (χ4v) is 5.62. The fourth-order valence-electron chi connectivity index (χ4n) is 5.62. The van der Waals surface area contributed by atoms with Gasteiger partial charge in [-0.15, -0.1) is 12.3 Å². The van der Waals surface area contributed by atoms with Gasteiger partial charge in [0.1, 0.15) is 0 Å². The van der Waals surface area contributed by atoms with E-state index >= 15 is 0 Å². The average Bonchev–Trinajstić information content (AvgIpc) is 2.98. The molecular formula is C19H27N3O. The first-order chi connectivity index (χ1) is 11.1. The SMILES string of the molecule is C#CCCC1(CCC(=O)NCC2CC3(CC4CCC3C4)C2)N=N1. The molecule has 1 spiro atoms. The van der Waals surface area contributed by atoms with Crippen LogP contribution in [0.2, 0.25) is 0 Å². The quantitative estimate of drug-likeness (QED) is 0.716. The van der Waals surface area contributed by atoms with Gasteiger partial charge in [-0.3, -0.25) is 4.79 Å². The number of nitrogens with one attached hydrogen (secondary N) is 1. The lowest BCUT2D eigenvalue weighted by atomic mass is 9.55. The van der Waals surface area contributed by atoms with E-state index in [-0.39, 0.29) is 11.6 Å². The highest BCUT2D eigenvalue weighted by molar-refractivity contribution is 5.76. The van der Waals surface area contributed by atoms with Crippen LogP contribution in [0.4, 0.5) is 0 Å². The average molecular weight is 313 g/mol. The number of terminal acetylenes is 1. The lowest BCUT2D eigenvalue weighted by Gasteiger charge is -2.51. The second-order valence-corrected chi connectivity index (χ2v) is 8.41. The summed E-state index contributed by atoms with van der Waals surface area (Å²) in [5, 5.41) is 11.3. The van der Waals surface area contributed by atoms with Gasteiger partial charge in [0.25, 0.3) is 0 Å². The maximum absolute atomic E-state index is 12.0. The Bertz CT molecular complexity index is 549. The molecule has 1 amide bonds. The van der Waals surface area contributed by atoms with E-state index in [9.17, 15) is 4.79 Å². The van der Waals surface area contributed by atoms with Crippen molar-refractivity contribution in [2.24, 2.45) is 33.4 Å². The molecule has 2 bridgehead atoms. The molecule has 4 aliphatic rings. The molecule has 0 aromatic carbocycles. The summed E-state index contributed by atoms with van der Waals surface area (Å²) in [7, 11) is 0. The molecule has 4 heteroatoms. The first-order valence-electron chi connectivity index (χ1n) is 9.27. The second kappa shape index (κ2) is 5.61. The molecule has 23 heavy (non-hydrogen) atoms. The van der Waals surface area contributed by atoms with Crippen LogP contribution in [0.1, 0.15) is 64.2 Å². The maximum Gasteiger partial charge on any atom is 0.220 e. The van der Waals surface area contributed by atoms with Crippen LogP contribution in [0.3, 0.4) is 0 Å². The van der Waals surface area contributed by atoms with Crippen LogP contribution >= 0.6 is 0 Å². The molecule has 0 aromatic heterocycles. The summed E-state index contributed by atoms with van der Waals surface area (Å²) >= 11 is 0. The first kappa shape index (κ1) is 15.2. The normalized spacial score (nSPS) is 38.3. The first-order valence-corrected chi connectivity index (χ1v) is 9.27. The van der Waals surface area contributed by atoms with E-state index < -0.39 is 0 Å². The lowest BCUT2D eigenvalue weighted by molar-refractivity contribution is -0.122. The Hall–Kier alpha value is -1.37. The summed E-state index contributed by atoms with van der Waals surface area (Å²) in [6, 6.07) is 0. The van der Waals surface area contributed by atoms with Gasteiger partial charge >= 0.3 is 0 Å². The predicted molar refractivity (Wildman–Crippen MR) is 88.5 cm³/mol. The predicted octanol–water partition coefficient (Wildman–Crippen LogP) is 3.67. The number of fused-ring (bicyclic) bond motifs is 3. The third-order valence-corrected chi connectivity index (χ3v) is 6.89. The minimum atomic E-state index is -0.326. The van der Waals surface area contributed by atoms with E-state index in [1.165, 1.54) is 38.5 Å². The number of amides is 1. The van der Waals surface area contributed by atoms with Crippen LogP contribution in [-0.4, -0.2) is 18.1 Å². The van der Waals surface area contributed by atoms with Crippen molar-refractivity contribution in [3.05, 3.63) is 0 Å². The highest BCUT2D eigenvalue weighted by Crippen LogP contribution is 2.66. The third kappa shape index (κ3) is 2.91. The van der Waals surface area contributed by atoms with Crippen molar-refractivity contribution in [2.45, 2.75) is 69.9 Å². The van der Waals surface area contributed by atoms with Gasteiger partial charge in [-0.1, -0.05) is 6.42 Å². The van der Waals surface area contributed by atoms with Gasteiger partial charge < -0.3 is 5.32 Å². The van der Waals surface area contributed by atoms with Crippen LogP contribution < -0.4 is 5.32 Å². The summed E-state index contributed by atoms with van der Waals surface area (Å²) in [4.78, 5) is 12.0. The molecule has 2 unspecified atom stereocenters. The molecule has 3 fully saturated rings. The number of carbonyl (C=O) groups excluding carboxylic acids is 1. The van der Waals surface area contributed by atoms with E-state index in [1.54, 1.807) is 0 Å².